The van der Waals surface area contributed by atoms with Crippen molar-refractivity contribution >= 4 is 5.91 Å². The molecular formula is C14H21N3O2. The highest BCUT2D eigenvalue weighted by Crippen LogP contribution is 2.25. The van der Waals surface area contributed by atoms with Gasteiger partial charge in [0.05, 0.1) is 12.3 Å². The molecule has 5 heteroatoms. The molecule has 1 fully saturated rings. The SMILES string of the molecule is CC1(C)CCNC(=O)C(CO)N1Cc1ccccn1. The highest BCUT2D eigenvalue weighted by atomic mass is 16.3. The van der Waals surface area contributed by atoms with Crippen LogP contribution in [0.5, 0.6) is 0 Å². The van der Waals surface area contributed by atoms with Gasteiger partial charge in [0.1, 0.15) is 6.04 Å². The van der Waals surface area contributed by atoms with Crippen molar-refractivity contribution in [2.45, 2.75) is 38.4 Å². The van der Waals surface area contributed by atoms with E-state index in [1.165, 1.54) is 0 Å². The van der Waals surface area contributed by atoms with Gasteiger partial charge in [-0.25, -0.2) is 0 Å². The molecule has 0 radical (unpaired) electrons. The summed E-state index contributed by atoms with van der Waals surface area (Å²) >= 11 is 0. The summed E-state index contributed by atoms with van der Waals surface area (Å²) in [4.78, 5) is 18.3. The molecule has 104 valence electrons. The summed E-state index contributed by atoms with van der Waals surface area (Å²) in [5.74, 6) is -0.107. The van der Waals surface area contributed by atoms with Crippen molar-refractivity contribution < 1.29 is 9.90 Å². The maximum absolute atomic E-state index is 12.0. The predicted molar refractivity (Wildman–Crippen MR) is 72.4 cm³/mol. The lowest BCUT2D eigenvalue weighted by Gasteiger charge is -2.40. The maximum atomic E-state index is 12.0. The molecular weight excluding hydrogens is 242 g/mol. The molecule has 5 nitrogen and oxygen atoms in total. The van der Waals surface area contributed by atoms with Gasteiger partial charge in [-0.1, -0.05) is 6.07 Å². The Kier molecular flexibility index (Phi) is 4.17. The minimum Gasteiger partial charge on any atom is -0.394 e. The number of pyridine rings is 1. The largest absolute Gasteiger partial charge is 0.394 e. The van der Waals surface area contributed by atoms with Crippen molar-refractivity contribution in [3.8, 4) is 0 Å². The van der Waals surface area contributed by atoms with Crippen LogP contribution < -0.4 is 5.32 Å². The number of aliphatic hydroxyl groups is 1. The van der Waals surface area contributed by atoms with E-state index in [1.807, 2.05) is 23.1 Å². The van der Waals surface area contributed by atoms with Crippen LogP contribution >= 0.6 is 0 Å². The van der Waals surface area contributed by atoms with E-state index in [0.717, 1.165) is 12.1 Å². The standard InChI is InChI=1S/C14H21N3O2/c1-14(2)6-8-16-13(19)12(10-18)17(14)9-11-5-3-4-7-15-11/h3-5,7,12,18H,6,8-10H2,1-2H3,(H,16,19). The first-order valence-corrected chi connectivity index (χ1v) is 6.60. The third kappa shape index (κ3) is 3.11. The second-order valence-electron chi connectivity index (χ2n) is 5.50. The molecule has 19 heavy (non-hydrogen) atoms. The maximum Gasteiger partial charge on any atom is 0.239 e. The zero-order valence-electron chi connectivity index (χ0n) is 11.5. The van der Waals surface area contributed by atoms with Crippen LogP contribution in [-0.4, -0.2) is 45.6 Å². The number of nitrogens with zero attached hydrogens (tertiary/aromatic N) is 2. The molecule has 1 unspecified atom stereocenters. The second-order valence-corrected chi connectivity index (χ2v) is 5.50. The second kappa shape index (κ2) is 5.67. The van der Waals surface area contributed by atoms with E-state index in [0.29, 0.717) is 13.1 Å². The summed E-state index contributed by atoms with van der Waals surface area (Å²) in [6, 6.07) is 5.22. The van der Waals surface area contributed by atoms with Crippen molar-refractivity contribution in [3.05, 3.63) is 30.1 Å². The van der Waals surface area contributed by atoms with Crippen LogP contribution in [0, 0.1) is 0 Å². The molecule has 1 aromatic rings. The van der Waals surface area contributed by atoms with Crippen molar-refractivity contribution in [2.24, 2.45) is 0 Å². The summed E-state index contributed by atoms with van der Waals surface area (Å²) < 4.78 is 0. The van der Waals surface area contributed by atoms with Crippen molar-refractivity contribution in [3.63, 3.8) is 0 Å². The Morgan fingerprint density at radius 2 is 2.32 bits per heavy atom. The molecule has 1 aliphatic heterocycles. The zero-order chi connectivity index (χ0) is 13.9. The first kappa shape index (κ1) is 14.0. The number of hydrogen-bond donors (Lipinski definition) is 2. The smallest absolute Gasteiger partial charge is 0.239 e. The average molecular weight is 263 g/mol. The predicted octanol–water partition coefficient (Wildman–Crippen LogP) is 0.543. The quantitative estimate of drug-likeness (QED) is 0.835. The molecule has 0 aromatic carbocycles. The number of nitrogens with one attached hydrogen (secondary N) is 1. The molecule has 1 amide bonds. The van der Waals surface area contributed by atoms with Gasteiger partial charge in [-0.3, -0.25) is 14.7 Å². The van der Waals surface area contributed by atoms with Gasteiger partial charge in [-0.2, -0.15) is 0 Å². The number of carbonyl (C=O) groups is 1. The van der Waals surface area contributed by atoms with Gasteiger partial charge in [0.25, 0.3) is 0 Å². The Morgan fingerprint density at radius 3 is 2.95 bits per heavy atom. The Labute approximate surface area is 113 Å². The summed E-state index contributed by atoms with van der Waals surface area (Å²) in [5.41, 5.74) is 0.744. The van der Waals surface area contributed by atoms with E-state index >= 15 is 0 Å². The van der Waals surface area contributed by atoms with E-state index in [4.69, 9.17) is 0 Å². The number of carbonyl (C=O) groups excluding carboxylic acids is 1. The monoisotopic (exact) mass is 263 g/mol. The first-order valence-electron chi connectivity index (χ1n) is 6.60. The lowest BCUT2D eigenvalue weighted by atomic mass is 9.96. The van der Waals surface area contributed by atoms with Crippen LogP contribution in [0.3, 0.4) is 0 Å². The fourth-order valence-electron chi connectivity index (χ4n) is 2.49. The van der Waals surface area contributed by atoms with Gasteiger partial charge in [-0.05, 0) is 32.4 Å². The van der Waals surface area contributed by atoms with Crippen LogP contribution in [0.25, 0.3) is 0 Å². The Bertz CT molecular complexity index is 434. The summed E-state index contributed by atoms with van der Waals surface area (Å²) in [6.45, 7) is 5.22. The molecule has 0 saturated carbocycles. The lowest BCUT2D eigenvalue weighted by Crippen LogP contribution is -2.53. The summed E-state index contributed by atoms with van der Waals surface area (Å²) in [5, 5.41) is 12.4. The van der Waals surface area contributed by atoms with Gasteiger partial charge in [0.15, 0.2) is 0 Å². The molecule has 1 saturated heterocycles. The molecule has 2 rings (SSSR count). The van der Waals surface area contributed by atoms with E-state index in [9.17, 15) is 9.90 Å². The van der Waals surface area contributed by atoms with Crippen LogP contribution in [0.1, 0.15) is 26.0 Å². The molecule has 0 aliphatic carbocycles. The summed E-state index contributed by atoms with van der Waals surface area (Å²) in [6.07, 6.45) is 2.59. The fraction of sp³-hybridized carbons (Fsp3) is 0.571. The third-order valence-corrected chi connectivity index (χ3v) is 3.72. The van der Waals surface area contributed by atoms with Gasteiger partial charge in [0.2, 0.25) is 5.91 Å². The Morgan fingerprint density at radius 1 is 1.53 bits per heavy atom. The molecule has 2 N–H and O–H groups in total. The number of hydrogen-bond acceptors (Lipinski definition) is 4. The van der Waals surface area contributed by atoms with E-state index < -0.39 is 6.04 Å². The minimum atomic E-state index is -0.514. The first-order chi connectivity index (χ1) is 9.04. The van der Waals surface area contributed by atoms with Gasteiger partial charge >= 0.3 is 0 Å². The average Bonchev–Trinajstić information content (AvgIpc) is 2.48. The number of amides is 1. The zero-order valence-corrected chi connectivity index (χ0v) is 11.5. The van der Waals surface area contributed by atoms with Crippen LogP contribution in [-0.2, 0) is 11.3 Å². The number of rotatable bonds is 3. The molecule has 0 bridgehead atoms. The molecule has 2 heterocycles. The van der Waals surface area contributed by atoms with Crippen LogP contribution in [0.2, 0.25) is 0 Å². The number of aromatic nitrogens is 1. The third-order valence-electron chi connectivity index (χ3n) is 3.72. The highest BCUT2D eigenvalue weighted by molar-refractivity contribution is 5.82. The van der Waals surface area contributed by atoms with Gasteiger partial charge < -0.3 is 10.4 Å². The lowest BCUT2D eigenvalue weighted by molar-refractivity contribution is -0.129. The summed E-state index contributed by atoms with van der Waals surface area (Å²) in [7, 11) is 0. The van der Waals surface area contributed by atoms with Crippen molar-refractivity contribution in [1.29, 1.82) is 0 Å². The highest BCUT2D eigenvalue weighted by Gasteiger charge is 2.38. The molecule has 1 aliphatic rings. The fourth-order valence-corrected chi connectivity index (χ4v) is 2.49. The molecule has 0 spiro atoms. The van der Waals surface area contributed by atoms with E-state index in [2.05, 4.69) is 24.1 Å². The minimum absolute atomic E-state index is 0.107. The normalized spacial score (nSPS) is 23.7. The van der Waals surface area contributed by atoms with Crippen LogP contribution in [0.4, 0.5) is 0 Å². The van der Waals surface area contributed by atoms with Crippen molar-refractivity contribution in [1.82, 2.24) is 15.2 Å². The molecule has 1 aromatic heterocycles. The van der Waals surface area contributed by atoms with Gasteiger partial charge in [-0.15, -0.1) is 0 Å². The Hall–Kier alpha value is -1.46. The Balaban J connectivity index is 2.27. The van der Waals surface area contributed by atoms with Crippen LogP contribution in [0.15, 0.2) is 24.4 Å². The topological polar surface area (TPSA) is 65.5 Å². The molecule has 1 atom stereocenters. The number of aliphatic hydroxyl groups excluding tert-OH is 1. The van der Waals surface area contributed by atoms with E-state index in [-0.39, 0.29) is 18.1 Å². The van der Waals surface area contributed by atoms with Gasteiger partial charge in [0, 0.05) is 24.8 Å². The van der Waals surface area contributed by atoms with Crippen molar-refractivity contribution in [2.75, 3.05) is 13.2 Å². The van der Waals surface area contributed by atoms with E-state index in [1.54, 1.807) is 6.20 Å².